The van der Waals surface area contributed by atoms with Gasteiger partial charge in [0.25, 0.3) is 0 Å². The normalized spacial score (nSPS) is 12.2. The maximum atomic E-state index is 2.46. The molecule has 0 radical (unpaired) electrons. The molecule has 0 fully saturated rings. The molecule has 0 N–H and O–H groups in total. The van der Waals surface area contributed by atoms with Crippen molar-refractivity contribution in [2.45, 2.75) is 6.42 Å². The molecular weight excluding hydrogens is 617 g/mol. The van der Waals surface area contributed by atoms with Crippen LogP contribution in [0.1, 0.15) is 11.1 Å². The van der Waals surface area contributed by atoms with Crippen LogP contribution in [0.25, 0.3) is 88.4 Å². The topological polar surface area (TPSA) is 9.86 Å². The van der Waals surface area contributed by atoms with Crippen molar-refractivity contribution in [3.8, 4) is 44.8 Å². The second-order valence-electron chi connectivity index (χ2n) is 13.8. The Balaban J connectivity index is 1.10. The Kier molecular flexibility index (Phi) is 6.05. The number of benzene rings is 8. The van der Waals surface area contributed by atoms with E-state index in [2.05, 4.69) is 191 Å². The van der Waals surface area contributed by atoms with Crippen LogP contribution in [-0.4, -0.2) is 9.13 Å². The predicted molar refractivity (Wildman–Crippen MR) is 214 cm³/mol. The Morgan fingerprint density at radius 2 is 0.706 bits per heavy atom. The van der Waals surface area contributed by atoms with Crippen LogP contribution >= 0.6 is 0 Å². The van der Waals surface area contributed by atoms with Crippen LogP contribution in [0, 0.1) is 0 Å². The standard InChI is InChI=1S/C49H32N2/c1-3-13-32(14-4-1)34-17-11-19-38(26-34)50-46-23-9-7-21-40(46)44-30-42-36(28-48(44)50)25-37-29-49-45(31-43(37)42)41-22-8-10-24-47(41)51(49)39-20-12-18-35(27-39)33-15-5-2-6-16-33/h1-24,26-31H,25H2. The predicted octanol–water partition coefficient (Wildman–Crippen LogP) is 12.8. The van der Waals surface area contributed by atoms with Crippen LogP contribution in [-0.2, 0) is 6.42 Å². The fourth-order valence-electron chi connectivity index (χ4n) is 8.58. The zero-order valence-corrected chi connectivity index (χ0v) is 27.9. The first-order valence-electron chi connectivity index (χ1n) is 17.7. The lowest BCUT2D eigenvalue weighted by molar-refractivity contribution is 1.17. The Morgan fingerprint density at radius 1 is 0.294 bits per heavy atom. The fraction of sp³-hybridized carbons (Fsp3) is 0.0204. The van der Waals surface area contributed by atoms with Gasteiger partial charge in [-0.05, 0) is 112 Å². The third-order valence-electron chi connectivity index (χ3n) is 10.9. The highest BCUT2D eigenvalue weighted by molar-refractivity contribution is 6.14. The summed E-state index contributed by atoms with van der Waals surface area (Å²) in [6.07, 6.45) is 0.910. The van der Waals surface area contributed by atoms with Crippen molar-refractivity contribution in [3.63, 3.8) is 0 Å². The van der Waals surface area contributed by atoms with Crippen LogP contribution in [0.4, 0.5) is 0 Å². The minimum atomic E-state index is 0.910. The zero-order chi connectivity index (χ0) is 33.5. The summed E-state index contributed by atoms with van der Waals surface area (Å²) in [6, 6.07) is 66.8. The van der Waals surface area contributed by atoms with E-state index in [-0.39, 0.29) is 0 Å². The summed E-state index contributed by atoms with van der Waals surface area (Å²) < 4.78 is 4.91. The zero-order valence-electron chi connectivity index (χ0n) is 27.9. The molecule has 2 heterocycles. The molecule has 0 amide bonds. The Hall–Kier alpha value is -6.64. The van der Waals surface area contributed by atoms with E-state index in [0.29, 0.717) is 0 Å². The molecule has 0 unspecified atom stereocenters. The molecule has 0 saturated heterocycles. The number of hydrogen-bond acceptors (Lipinski definition) is 0. The van der Waals surface area contributed by atoms with Gasteiger partial charge in [-0.3, -0.25) is 0 Å². The summed E-state index contributed by atoms with van der Waals surface area (Å²) in [4.78, 5) is 0. The van der Waals surface area contributed by atoms with E-state index < -0.39 is 0 Å². The summed E-state index contributed by atoms with van der Waals surface area (Å²) in [6.45, 7) is 0. The third-order valence-corrected chi connectivity index (χ3v) is 10.9. The van der Waals surface area contributed by atoms with Gasteiger partial charge in [0, 0.05) is 32.9 Å². The van der Waals surface area contributed by atoms with Crippen LogP contribution in [0.5, 0.6) is 0 Å². The minimum Gasteiger partial charge on any atom is -0.309 e. The van der Waals surface area contributed by atoms with Crippen LogP contribution in [0.2, 0.25) is 0 Å². The van der Waals surface area contributed by atoms with E-state index in [1.165, 1.54) is 99.5 Å². The van der Waals surface area contributed by atoms with Gasteiger partial charge >= 0.3 is 0 Å². The molecule has 0 bridgehead atoms. The van der Waals surface area contributed by atoms with Gasteiger partial charge in [-0.25, -0.2) is 0 Å². The van der Waals surface area contributed by atoms with E-state index in [9.17, 15) is 0 Å². The number of rotatable bonds is 4. The number of aromatic nitrogens is 2. The Labute approximate surface area is 296 Å². The molecule has 51 heavy (non-hydrogen) atoms. The smallest absolute Gasteiger partial charge is 0.0544 e. The van der Waals surface area contributed by atoms with E-state index in [1.54, 1.807) is 0 Å². The van der Waals surface area contributed by atoms with Crippen molar-refractivity contribution in [2.75, 3.05) is 0 Å². The van der Waals surface area contributed by atoms with Crippen molar-refractivity contribution >= 4 is 43.6 Å². The van der Waals surface area contributed by atoms with Gasteiger partial charge in [-0.1, -0.05) is 121 Å². The van der Waals surface area contributed by atoms with Gasteiger partial charge in [-0.15, -0.1) is 0 Å². The highest BCUT2D eigenvalue weighted by atomic mass is 15.0. The number of para-hydroxylation sites is 2. The molecule has 0 atom stereocenters. The van der Waals surface area contributed by atoms with E-state index in [4.69, 9.17) is 0 Å². The minimum absolute atomic E-state index is 0.910. The maximum absolute atomic E-state index is 2.46. The lowest BCUT2D eigenvalue weighted by atomic mass is 10.0. The van der Waals surface area contributed by atoms with Gasteiger partial charge in [-0.2, -0.15) is 0 Å². The van der Waals surface area contributed by atoms with Crippen LogP contribution in [0.15, 0.2) is 182 Å². The lowest BCUT2D eigenvalue weighted by Crippen LogP contribution is -1.95. The van der Waals surface area contributed by atoms with E-state index in [0.717, 1.165) is 6.42 Å². The summed E-state index contributed by atoms with van der Waals surface area (Å²) in [5, 5.41) is 5.15. The van der Waals surface area contributed by atoms with Crippen molar-refractivity contribution in [1.82, 2.24) is 9.13 Å². The molecule has 0 saturated carbocycles. The van der Waals surface area contributed by atoms with E-state index >= 15 is 0 Å². The van der Waals surface area contributed by atoms with Gasteiger partial charge in [0.1, 0.15) is 0 Å². The lowest BCUT2D eigenvalue weighted by Gasteiger charge is -2.11. The number of fused-ring (bicyclic) bond motifs is 9. The first kappa shape index (κ1) is 28.2. The summed E-state index contributed by atoms with van der Waals surface area (Å²) in [7, 11) is 0. The molecule has 238 valence electrons. The summed E-state index contributed by atoms with van der Waals surface area (Å²) >= 11 is 0. The van der Waals surface area contributed by atoms with E-state index in [1.807, 2.05) is 0 Å². The Bertz CT molecular complexity index is 2780. The highest BCUT2D eigenvalue weighted by Crippen LogP contribution is 2.46. The van der Waals surface area contributed by atoms with Crippen molar-refractivity contribution in [3.05, 3.63) is 193 Å². The molecule has 2 nitrogen and oxygen atoms in total. The second-order valence-corrected chi connectivity index (χ2v) is 13.8. The summed E-state index contributed by atoms with van der Waals surface area (Å²) in [5.41, 5.74) is 17.7. The molecule has 10 aromatic rings. The quantitative estimate of drug-likeness (QED) is 0.180. The van der Waals surface area contributed by atoms with Gasteiger partial charge < -0.3 is 9.13 Å². The molecule has 2 heteroatoms. The Morgan fingerprint density at radius 3 is 1.18 bits per heavy atom. The number of hydrogen-bond donors (Lipinski definition) is 0. The summed E-state index contributed by atoms with van der Waals surface area (Å²) in [5.74, 6) is 0. The molecule has 2 aromatic heterocycles. The van der Waals surface area contributed by atoms with Crippen LogP contribution in [0.3, 0.4) is 0 Å². The SMILES string of the molecule is c1ccc(-c2cccc(-n3c4ccccc4c4cc5c(cc43)Cc3cc4c(cc3-5)c3ccccc3n4-c3cccc(-c4ccccc4)c3)c2)cc1. The largest absolute Gasteiger partial charge is 0.309 e. The average Bonchev–Trinajstić information content (AvgIpc) is 3.83. The molecule has 8 aromatic carbocycles. The molecule has 0 aliphatic heterocycles. The molecular formula is C49H32N2. The highest BCUT2D eigenvalue weighted by Gasteiger charge is 2.25. The average molecular weight is 649 g/mol. The maximum Gasteiger partial charge on any atom is 0.0544 e. The third kappa shape index (κ3) is 4.30. The monoisotopic (exact) mass is 648 g/mol. The first-order chi connectivity index (χ1) is 25.3. The van der Waals surface area contributed by atoms with Gasteiger partial charge in [0.05, 0.1) is 22.1 Å². The van der Waals surface area contributed by atoms with Gasteiger partial charge in [0.15, 0.2) is 0 Å². The number of nitrogens with zero attached hydrogens (tertiary/aromatic N) is 2. The molecule has 11 rings (SSSR count). The molecule has 1 aliphatic carbocycles. The van der Waals surface area contributed by atoms with Crippen molar-refractivity contribution < 1.29 is 0 Å². The van der Waals surface area contributed by atoms with Crippen molar-refractivity contribution in [2.24, 2.45) is 0 Å². The van der Waals surface area contributed by atoms with Gasteiger partial charge in [0.2, 0.25) is 0 Å². The molecule has 1 aliphatic rings. The first-order valence-corrected chi connectivity index (χ1v) is 17.7. The van der Waals surface area contributed by atoms with Crippen molar-refractivity contribution in [1.29, 1.82) is 0 Å². The fourth-order valence-corrected chi connectivity index (χ4v) is 8.58. The molecule has 0 spiro atoms. The second kappa shape index (κ2) is 10.9. The van der Waals surface area contributed by atoms with Crippen LogP contribution < -0.4 is 0 Å².